The van der Waals surface area contributed by atoms with Crippen molar-refractivity contribution in [1.29, 1.82) is 0 Å². The van der Waals surface area contributed by atoms with E-state index in [0.717, 1.165) is 0 Å². The summed E-state index contributed by atoms with van der Waals surface area (Å²) in [7, 11) is 0. The maximum absolute atomic E-state index is 8.63. The second-order valence-corrected chi connectivity index (χ2v) is 4.08. The Hall–Kier alpha value is 3.60. The monoisotopic (exact) mass is 1220 g/mol. The summed E-state index contributed by atoms with van der Waals surface area (Å²) in [5, 5.41) is 34.5. The fraction of sp³-hybridized carbons (Fsp3) is 0.143. The molecule has 0 spiro atoms. The zero-order valence-electron chi connectivity index (χ0n) is 15.8. The van der Waals surface area contributed by atoms with Gasteiger partial charge in [0.1, 0.15) is 0 Å². The molecule has 0 aromatic heterocycles. The molecular weight excluding hydrogens is 1200 g/mol. The molecule has 0 amide bonds. The molecule has 0 saturated heterocycles. The minimum atomic E-state index is -1.40. The van der Waals surface area contributed by atoms with Crippen LogP contribution in [0.25, 0.3) is 12.3 Å². The number of anilines is 2. The summed E-state index contributed by atoms with van der Waals surface area (Å²) in [6.07, 6.45) is -2.80. The van der Waals surface area contributed by atoms with E-state index in [-0.39, 0.29) is 208 Å². The fourth-order valence-corrected chi connectivity index (χ4v) is 1.34. The van der Waals surface area contributed by atoms with Gasteiger partial charge in [-0.1, -0.05) is 24.3 Å². The molecule has 0 fully saturated rings. The van der Waals surface area contributed by atoms with Crippen LogP contribution in [0.5, 0.6) is 0 Å². The van der Waals surface area contributed by atoms with Crippen molar-refractivity contribution in [3.05, 3.63) is 72.0 Å². The third-order valence-corrected chi connectivity index (χ3v) is 2.47. The van der Waals surface area contributed by atoms with Gasteiger partial charge < -0.3 is 60.6 Å². The first kappa shape index (κ1) is 83.3. The van der Waals surface area contributed by atoms with Crippen LogP contribution < -0.4 is 11.5 Å². The molecule has 0 aliphatic carbocycles. The molecule has 2 aromatic rings. The van der Waals surface area contributed by atoms with Crippen molar-refractivity contribution in [2.45, 2.75) is 12.6 Å². The van der Waals surface area contributed by atoms with E-state index in [1.54, 1.807) is 48.5 Å². The second kappa shape index (κ2) is 48.6. The van der Waals surface area contributed by atoms with Crippen molar-refractivity contribution < 1.29 is 216 Å². The van der Waals surface area contributed by atoms with Gasteiger partial charge in [0.25, 0.3) is 0 Å². The molecule has 0 bridgehead atoms. The van der Waals surface area contributed by atoms with Crippen molar-refractivity contribution >= 4 is 11.4 Å². The third kappa shape index (κ3) is 40.3. The van der Waals surface area contributed by atoms with E-state index in [4.69, 9.17) is 31.9 Å². The van der Waals surface area contributed by atoms with E-state index in [1.165, 1.54) is 0 Å². The molecule has 2 rings (SSSR count). The SMILES string of the molecule is Nc1ccc(C(O)O)cc1.Nc1ccc(C(O)O)cc1.O.O.O.[Ag+].[Ag+].[Ag+].[Ag+].[Ag].[Ag].[Ag].[Ag].[NH2-].[NH2-]. The third-order valence-electron chi connectivity index (χ3n) is 2.47. The Bertz CT molecular complexity index is 499. The van der Waals surface area contributed by atoms with Crippen molar-refractivity contribution in [3.63, 3.8) is 0 Å². The molecule has 0 heterocycles. The van der Waals surface area contributed by atoms with Crippen molar-refractivity contribution in [3.8, 4) is 0 Å². The molecule has 19 heteroatoms. The van der Waals surface area contributed by atoms with Gasteiger partial charge in [-0.2, -0.15) is 0 Å². The first-order chi connectivity index (χ1) is 9.40. The smallest absolute Gasteiger partial charge is 0.693 e. The quantitative estimate of drug-likeness (QED) is 0.130. The Kier molecular flexibility index (Phi) is 123. The van der Waals surface area contributed by atoms with Crippen LogP contribution in [0, 0.1) is 0 Å². The normalized spacial score (nSPS) is 6.24. The largest absolute Gasteiger partial charge is 1.00 e. The summed E-state index contributed by atoms with van der Waals surface area (Å²) in [4.78, 5) is 0. The van der Waals surface area contributed by atoms with Crippen molar-refractivity contribution in [2.75, 3.05) is 11.5 Å². The molecular formula is C14H28Ag8N4O7+2. The topological polar surface area (TPSA) is 294 Å². The van der Waals surface area contributed by atoms with Gasteiger partial charge in [-0.05, 0) is 24.3 Å². The molecule has 0 aliphatic heterocycles. The van der Waals surface area contributed by atoms with Crippen LogP contribution in [0.15, 0.2) is 48.5 Å². The van der Waals surface area contributed by atoms with E-state index >= 15 is 0 Å². The summed E-state index contributed by atoms with van der Waals surface area (Å²) in [6, 6.07) is 12.8. The van der Waals surface area contributed by atoms with E-state index in [9.17, 15) is 0 Å². The van der Waals surface area contributed by atoms with Gasteiger partial charge in [0, 0.05) is 112 Å². The van der Waals surface area contributed by atoms with Gasteiger partial charge in [0.05, 0.1) is 0 Å². The number of nitrogen functional groups attached to an aromatic ring is 2. The van der Waals surface area contributed by atoms with Crippen LogP contribution in [0.3, 0.4) is 0 Å². The zero-order valence-corrected chi connectivity index (χ0v) is 27.6. The molecule has 232 valence electrons. The molecule has 18 N–H and O–H groups in total. The zero-order chi connectivity index (χ0) is 15.1. The standard InChI is InChI=1S/2C7H9NO2.8Ag.2H2N.3H2O/c2*8-6-3-1-5(2-4-6)7(9)10;;;;;;;;;;;;;/h2*1-4,7,9-10H,8H2;;;;;;;;;5*1H2/q;;;;;;4*+1;2*-1;;;. The minimum absolute atomic E-state index is 0. The number of hydrogen-bond donors (Lipinski definition) is 6. The van der Waals surface area contributed by atoms with Crippen LogP contribution in [0.2, 0.25) is 0 Å². The van der Waals surface area contributed by atoms with Crippen molar-refractivity contribution in [2.24, 2.45) is 0 Å². The predicted octanol–water partition coefficient (Wildman–Crippen LogP) is -0.556. The summed E-state index contributed by atoms with van der Waals surface area (Å²) in [5.41, 5.74) is 12.9. The van der Waals surface area contributed by atoms with Gasteiger partial charge in [0.2, 0.25) is 0 Å². The summed E-state index contributed by atoms with van der Waals surface area (Å²) in [5.74, 6) is 0. The summed E-state index contributed by atoms with van der Waals surface area (Å²) < 4.78 is 0. The van der Waals surface area contributed by atoms with Crippen LogP contribution in [0.1, 0.15) is 23.7 Å². The van der Waals surface area contributed by atoms with Gasteiger partial charge >= 0.3 is 89.5 Å². The molecule has 4 radical (unpaired) electrons. The van der Waals surface area contributed by atoms with E-state index in [2.05, 4.69) is 0 Å². The Morgan fingerprint density at radius 3 is 0.727 bits per heavy atom. The first-order valence-electron chi connectivity index (χ1n) is 5.83. The van der Waals surface area contributed by atoms with Gasteiger partial charge in [-0.15, -0.1) is 0 Å². The number of aliphatic hydroxyl groups excluding tert-OH is 2. The number of rotatable bonds is 2. The molecule has 0 saturated carbocycles. The Labute approximate surface area is 318 Å². The van der Waals surface area contributed by atoms with Crippen LogP contribution >= 0.6 is 0 Å². The Balaban J connectivity index is -0.0000000158. The van der Waals surface area contributed by atoms with E-state index < -0.39 is 12.6 Å². The van der Waals surface area contributed by atoms with Gasteiger partial charge in [-0.3, -0.25) is 0 Å². The summed E-state index contributed by atoms with van der Waals surface area (Å²) >= 11 is 0. The maximum Gasteiger partial charge on any atom is 1.00 e. The number of nitrogens with two attached hydrogens (primary N) is 4. The van der Waals surface area contributed by atoms with Crippen LogP contribution in [-0.4, -0.2) is 36.9 Å². The molecule has 0 unspecified atom stereocenters. The van der Waals surface area contributed by atoms with Crippen LogP contribution in [0.4, 0.5) is 11.4 Å². The van der Waals surface area contributed by atoms with E-state index in [0.29, 0.717) is 22.5 Å². The Morgan fingerprint density at radius 1 is 0.455 bits per heavy atom. The average molecular weight is 1230 g/mol. The second-order valence-electron chi connectivity index (χ2n) is 4.08. The first-order valence-corrected chi connectivity index (χ1v) is 5.83. The molecule has 2 aromatic carbocycles. The molecule has 33 heavy (non-hydrogen) atoms. The summed E-state index contributed by atoms with van der Waals surface area (Å²) in [6.45, 7) is 0. The number of hydrogen-bond acceptors (Lipinski definition) is 6. The molecule has 0 atom stereocenters. The minimum Gasteiger partial charge on any atom is -0.693 e. The average Bonchev–Trinajstić information content (AvgIpc) is 2.40. The number of aliphatic hydroxyl groups is 4. The maximum atomic E-state index is 8.63. The van der Waals surface area contributed by atoms with Crippen LogP contribution in [-0.2, 0) is 179 Å². The molecule has 0 aliphatic rings. The van der Waals surface area contributed by atoms with Gasteiger partial charge in [0.15, 0.2) is 12.6 Å². The van der Waals surface area contributed by atoms with E-state index in [1.807, 2.05) is 0 Å². The fourth-order valence-electron chi connectivity index (χ4n) is 1.34. The Morgan fingerprint density at radius 2 is 0.606 bits per heavy atom. The van der Waals surface area contributed by atoms with Gasteiger partial charge in [-0.25, -0.2) is 0 Å². The van der Waals surface area contributed by atoms with Crippen molar-refractivity contribution in [1.82, 2.24) is 0 Å². The number of benzene rings is 2. The molecule has 11 nitrogen and oxygen atoms in total. The predicted molar refractivity (Wildman–Crippen MR) is 97.5 cm³/mol.